The summed E-state index contributed by atoms with van der Waals surface area (Å²) >= 11 is 1.11. The molecule has 2 rings (SSSR count). The smallest absolute Gasteiger partial charge is 0.261 e. The molecule has 1 amide bonds. The minimum absolute atomic E-state index is 0.125. The van der Waals surface area contributed by atoms with Crippen LogP contribution >= 0.6 is 11.3 Å². The lowest BCUT2D eigenvalue weighted by Gasteiger charge is -2.22. The van der Waals surface area contributed by atoms with E-state index in [1.165, 1.54) is 20.2 Å². The number of ether oxygens (including phenoxy) is 1. The number of sulfonamides is 1. The molecule has 7 nitrogen and oxygen atoms in total. The van der Waals surface area contributed by atoms with Crippen LogP contribution in [0.2, 0.25) is 0 Å². The summed E-state index contributed by atoms with van der Waals surface area (Å²) in [6.07, 6.45) is -0.778. The van der Waals surface area contributed by atoms with Crippen LogP contribution < -0.4 is 10.1 Å². The first-order chi connectivity index (χ1) is 13.2. The highest BCUT2D eigenvalue weighted by Gasteiger charge is 2.25. The van der Waals surface area contributed by atoms with Crippen LogP contribution in [0.15, 0.2) is 40.6 Å². The number of hydrogen-bond donors (Lipinski definition) is 1. The number of carbonyl (C=O) groups excluding carboxylic acids is 1. The maximum Gasteiger partial charge on any atom is 0.261 e. The van der Waals surface area contributed by atoms with Crippen LogP contribution in [0.1, 0.15) is 24.3 Å². The zero-order valence-electron chi connectivity index (χ0n) is 16.2. The molecule has 2 aromatic rings. The van der Waals surface area contributed by atoms with E-state index in [2.05, 4.69) is 5.32 Å². The van der Waals surface area contributed by atoms with Crippen molar-refractivity contribution in [1.82, 2.24) is 9.62 Å². The van der Waals surface area contributed by atoms with Crippen molar-refractivity contribution in [3.8, 4) is 11.8 Å². The lowest BCUT2D eigenvalue weighted by atomic mass is 10.1. The topological polar surface area (TPSA) is 99.5 Å². The summed E-state index contributed by atoms with van der Waals surface area (Å²) in [5.74, 6) is -0.0951. The molecule has 1 unspecified atom stereocenters. The van der Waals surface area contributed by atoms with Gasteiger partial charge < -0.3 is 10.1 Å². The maximum absolute atomic E-state index is 12.6. The number of para-hydroxylation sites is 1. The van der Waals surface area contributed by atoms with Crippen molar-refractivity contribution in [1.29, 1.82) is 5.26 Å². The Morgan fingerprint density at radius 3 is 2.54 bits per heavy atom. The average Bonchev–Trinajstić information content (AvgIpc) is 3.13. The normalized spacial score (nSPS) is 12.6. The molecule has 1 heterocycles. The molecule has 0 fully saturated rings. The number of nitrogens with one attached hydrogen (secondary N) is 1. The summed E-state index contributed by atoms with van der Waals surface area (Å²) in [6, 6.07) is 12.0. The Kier molecular flexibility index (Phi) is 7.18. The van der Waals surface area contributed by atoms with Crippen molar-refractivity contribution in [3.63, 3.8) is 0 Å². The van der Waals surface area contributed by atoms with Gasteiger partial charge in [0, 0.05) is 19.0 Å². The van der Waals surface area contributed by atoms with E-state index >= 15 is 0 Å². The van der Waals surface area contributed by atoms with Gasteiger partial charge in [-0.2, -0.15) is 5.26 Å². The first kappa shape index (κ1) is 21.9. The number of thiophene rings is 1. The fourth-order valence-electron chi connectivity index (χ4n) is 2.34. The predicted octanol–water partition coefficient (Wildman–Crippen LogP) is 2.59. The maximum atomic E-state index is 12.6. The fraction of sp³-hybridized carbons (Fsp3) is 0.368. The third-order valence-corrected chi connectivity index (χ3v) is 7.30. The van der Waals surface area contributed by atoms with E-state index in [4.69, 9.17) is 4.74 Å². The van der Waals surface area contributed by atoms with E-state index in [-0.39, 0.29) is 22.6 Å². The van der Waals surface area contributed by atoms with E-state index in [9.17, 15) is 18.5 Å². The van der Waals surface area contributed by atoms with Crippen LogP contribution in [-0.4, -0.2) is 38.8 Å². The molecule has 1 aromatic heterocycles. The summed E-state index contributed by atoms with van der Waals surface area (Å²) in [6.45, 7) is 3.90. The number of hydrogen-bond acceptors (Lipinski definition) is 6. The van der Waals surface area contributed by atoms with Crippen molar-refractivity contribution < 1.29 is 17.9 Å². The van der Waals surface area contributed by atoms with E-state index in [0.29, 0.717) is 16.2 Å². The van der Waals surface area contributed by atoms with Gasteiger partial charge >= 0.3 is 0 Å². The van der Waals surface area contributed by atoms with Crippen LogP contribution in [0, 0.1) is 17.2 Å². The van der Waals surface area contributed by atoms with Crippen LogP contribution in [0.5, 0.6) is 5.75 Å². The Morgan fingerprint density at radius 1 is 1.25 bits per heavy atom. The molecular weight excluding hydrogens is 398 g/mol. The number of benzene rings is 1. The molecule has 0 aliphatic rings. The van der Waals surface area contributed by atoms with Gasteiger partial charge in [0.05, 0.1) is 12.1 Å². The van der Waals surface area contributed by atoms with Crippen molar-refractivity contribution in [3.05, 3.63) is 46.8 Å². The molecule has 0 spiro atoms. The van der Waals surface area contributed by atoms with E-state index in [1.54, 1.807) is 30.3 Å². The van der Waals surface area contributed by atoms with Crippen LogP contribution in [0.4, 0.5) is 0 Å². The summed E-state index contributed by atoms with van der Waals surface area (Å²) in [5, 5.41) is 12.0. The van der Waals surface area contributed by atoms with E-state index in [1.807, 2.05) is 19.9 Å². The Balaban J connectivity index is 2.08. The second kappa shape index (κ2) is 9.19. The summed E-state index contributed by atoms with van der Waals surface area (Å²) < 4.78 is 31.5. The van der Waals surface area contributed by atoms with Gasteiger partial charge in [-0.3, -0.25) is 4.79 Å². The van der Waals surface area contributed by atoms with E-state index < -0.39 is 16.1 Å². The van der Waals surface area contributed by atoms with Gasteiger partial charge in [0.1, 0.15) is 16.0 Å². The van der Waals surface area contributed by atoms with Gasteiger partial charge in [-0.1, -0.05) is 26.0 Å². The number of nitrogens with zero attached hydrogens (tertiary/aromatic N) is 2. The molecule has 1 atom stereocenters. The molecule has 28 heavy (non-hydrogen) atoms. The van der Waals surface area contributed by atoms with Gasteiger partial charge in [-0.05, 0) is 30.2 Å². The van der Waals surface area contributed by atoms with Crippen molar-refractivity contribution in [2.45, 2.75) is 30.7 Å². The SMILES string of the molecule is CC(C)C(Oc1ccccc1C#N)C(=O)NCc1ccc(S(=O)(=O)N(C)C)s1. The van der Waals surface area contributed by atoms with Gasteiger partial charge in [-0.25, -0.2) is 12.7 Å². The van der Waals surface area contributed by atoms with Crippen molar-refractivity contribution in [2.24, 2.45) is 5.92 Å². The molecule has 0 bridgehead atoms. The minimum atomic E-state index is -3.49. The predicted molar refractivity (Wildman–Crippen MR) is 107 cm³/mol. The third-order valence-electron chi connectivity index (χ3n) is 3.93. The Labute approximate surface area is 169 Å². The molecule has 1 aromatic carbocycles. The zero-order chi connectivity index (χ0) is 20.9. The second-order valence-electron chi connectivity index (χ2n) is 6.62. The molecule has 1 N–H and O–H groups in total. The zero-order valence-corrected chi connectivity index (χ0v) is 17.8. The lowest BCUT2D eigenvalue weighted by Crippen LogP contribution is -2.41. The van der Waals surface area contributed by atoms with E-state index in [0.717, 1.165) is 15.6 Å². The van der Waals surface area contributed by atoms with Gasteiger partial charge in [0.2, 0.25) is 0 Å². The monoisotopic (exact) mass is 421 g/mol. The summed E-state index contributed by atoms with van der Waals surface area (Å²) in [7, 11) is -0.544. The molecule has 9 heteroatoms. The molecule has 0 saturated heterocycles. The van der Waals surface area contributed by atoms with Crippen LogP contribution in [-0.2, 0) is 21.4 Å². The highest BCUT2D eigenvalue weighted by Crippen LogP contribution is 2.24. The molecule has 0 aliphatic carbocycles. The lowest BCUT2D eigenvalue weighted by molar-refractivity contribution is -0.130. The number of amides is 1. The first-order valence-electron chi connectivity index (χ1n) is 8.61. The third kappa shape index (κ3) is 5.10. The van der Waals surface area contributed by atoms with Crippen LogP contribution in [0.25, 0.3) is 0 Å². The molecule has 0 saturated carbocycles. The summed E-state index contributed by atoms with van der Waals surface area (Å²) in [5.41, 5.74) is 0.359. The largest absolute Gasteiger partial charge is 0.479 e. The highest BCUT2D eigenvalue weighted by molar-refractivity contribution is 7.91. The van der Waals surface area contributed by atoms with Gasteiger partial charge in [-0.15, -0.1) is 11.3 Å². The molecule has 0 aliphatic heterocycles. The van der Waals surface area contributed by atoms with Gasteiger partial charge in [0.15, 0.2) is 6.10 Å². The fourth-order valence-corrected chi connectivity index (χ4v) is 4.80. The Bertz CT molecular complexity index is 975. The van der Waals surface area contributed by atoms with Crippen molar-refractivity contribution in [2.75, 3.05) is 14.1 Å². The standard InChI is InChI=1S/C19H23N3O4S2/c1-13(2)18(26-16-8-6-5-7-14(16)11-20)19(23)21-12-15-9-10-17(27-15)28(24,25)22(3)4/h5-10,13,18H,12H2,1-4H3,(H,21,23). The molecular formula is C19H23N3O4S2. The molecule has 150 valence electrons. The second-order valence-corrected chi connectivity index (χ2v) is 10.2. The molecule has 0 radical (unpaired) electrons. The Hall–Kier alpha value is -2.41. The van der Waals surface area contributed by atoms with Gasteiger partial charge in [0.25, 0.3) is 15.9 Å². The number of nitriles is 1. The first-order valence-corrected chi connectivity index (χ1v) is 10.9. The van der Waals surface area contributed by atoms with Crippen molar-refractivity contribution >= 4 is 27.3 Å². The summed E-state index contributed by atoms with van der Waals surface area (Å²) in [4.78, 5) is 13.3. The highest BCUT2D eigenvalue weighted by atomic mass is 32.2. The number of rotatable bonds is 8. The minimum Gasteiger partial charge on any atom is -0.479 e. The van der Waals surface area contributed by atoms with Crippen LogP contribution in [0.3, 0.4) is 0 Å². The number of carbonyl (C=O) groups is 1. The quantitative estimate of drug-likeness (QED) is 0.706. The average molecular weight is 422 g/mol. The Morgan fingerprint density at radius 2 is 1.93 bits per heavy atom.